The highest BCUT2D eigenvalue weighted by atomic mass is 79.9. The lowest BCUT2D eigenvalue weighted by atomic mass is 9.72. The topological polar surface area (TPSA) is 27.7 Å². The van der Waals surface area contributed by atoms with Crippen molar-refractivity contribution in [3.05, 3.63) is 59.7 Å². The first-order valence-electron chi connectivity index (χ1n) is 12.8. The summed E-state index contributed by atoms with van der Waals surface area (Å²) in [5.41, 5.74) is 3.11. The van der Waals surface area contributed by atoms with Crippen LogP contribution in [0.5, 0.6) is 11.5 Å². The molecule has 204 valence electrons. The van der Waals surface area contributed by atoms with E-state index in [1.807, 2.05) is 0 Å². The molecule has 0 N–H and O–H groups in total. The van der Waals surface area contributed by atoms with Crippen LogP contribution in [-0.4, -0.2) is 56.9 Å². The van der Waals surface area contributed by atoms with Crippen molar-refractivity contribution in [1.82, 2.24) is 0 Å². The second-order valence-electron chi connectivity index (χ2n) is 12.0. The van der Waals surface area contributed by atoms with Gasteiger partial charge >= 0.3 is 0 Å². The monoisotopic (exact) mass is 627 g/mol. The first-order chi connectivity index (χ1) is 16.4. The van der Waals surface area contributed by atoms with E-state index in [-0.39, 0.29) is 22.4 Å². The van der Waals surface area contributed by atoms with E-state index in [1.165, 1.54) is 11.1 Å². The van der Waals surface area contributed by atoms with Crippen molar-refractivity contribution in [1.29, 1.82) is 0 Å². The first kappa shape index (κ1) is 32.9. The number of likely N-dealkylation sites (N-methyl/N-ethyl adjacent to an activating group) is 1. The number of nitrogens with zero attached hydrogens (tertiary/aromatic N) is 1. The van der Waals surface area contributed by atoms with Crippen molar-refractivity contribution in [2.45, 2.75) is 59.4 Å². The molecule has 0 saturated carbocycles. The number of alkyl halides is 1. The lowest BCUT2D eigenvalue weighted by molar-refractivity contribution is -0.904. The number of hydrogen-bond acceptors (Lipinski definition) is 3. The first-order valence-corrected chi connectivity index (χ1v) is 13.9. The molecule has 4 nitrogen and oxygen atoms in total. The summed E-state index contributed by atoms with van der Waals surface area (Å²) in [5.74, 6) is 1.84. The van der Waals surface area contributed by atoms with E-state index in [4.69, 9.17) is 14.2 Å². The van der Waals surface area contributed by atoms with E-state index in [0.29, 0.717) is 25.2 Å². The molecular formula is C30H47Br2NO3. The summed E-state index contributed by atoms with van der Waals surface area (Å²) in [6, 6.07) is 17.0. The molecule has 0 spiro atoms. The summed E-state index contributed by atoms with van der Waals surface area (Å²) in [6.07, 6.45) is 2.15. The maximum atomic E-state index is 5.90. The molecule has 0 bridgehead atoms. The molecule has 0 saturated heterocycles. The van der Waals surface area contributed by atoms with Crippen molar-refractivity contribution < 1.29 is 35.7 Å². The molecule has 0 aliphatic carbocycles. The standard InChI is InChI=1S/C30H47BrNO3.BrH/c1-29(2,3)24-30(4,5)26-11-15-28(16-12-26)35-22-21-33-20-18-32(6,7)23-25-9-13-27(14-10-25)34-19-8-17-31;/h9-16H,8,17-24H2,1-7H3;1H/q+1;/p-1. The fourth-order valence-corrected chi connectivity index (χ4v) is 4.80. The highest BCUT2D eigenvalue weighted by Gasteiger charge is 2.27. The molecule has 0 aliphatic rings. The van der Waals surface area contributed by atoms with Gasteiger partial charge in [0.1, 0.15) is 31.2 Å². The van der Waals surface area contributed by atoms with Gasteiger partial charge in [0.15, 0.2) is 0 Å². The Morgan fingerprint density at radius 3 is 1.86 bits per heavy atom. The lowest BCUT2D eigenvalue weighted by Gasteiger charge is -2.33. The fourth-order valence-electron chi connectivity index (χ4n) is 4.57. The Balaban J connectivity index is 0.00000648. The zero-order chi connectivity index (χ0) is 26.0. The van der Waals surface area contributed by atoms with Crippen LogP contribution in [0, 0.1) is 5.41 Å². The lowest BCUT2D eigenvalue weighted by Crippen LogP contribution is -3.00. The Bertz CT molecular complexity index is 859. The highest BCUT2D eigenvalue weighted by Crippen LogP contribution is 2.36. The zero-order valence-corrected chi connectivity index (χ0v) is 26.6. The van der Waals surface area contributed by atoms with Crippen molar-refractivity contribution >= 4 is 15.9 Å². The van der Waals surface area contributed by atoms with Gasteiger partial charge in [0.05, 0.1) is 33.9 Å². The van der Waals surface area contributed by atoms with Gasteiger partial charge in [0.2, 0.25) is 0 Å². The van der Waals surface area contributed by atoms with E-state index >= 15 is 0 Å². The van der Waals surface area contributed by atoms with Crippen LogP contribution < -0.4 is 26.5 Å². The number of halogens is 2. The Labute approximate surface area is 239 Å². The molecule has 2 aromatic rings. The quantitative estimate of drug-likeness (QED) is 0.168. The highest BCUT2D eigenvalue weighted by molar-refractivity contribution is 9.09. The molecule has 6 heteroatoms. The summed E-state index contributed by atoms with van der Waals surface area (Å²) in [7, 11) is 4.48. The Morgan fingerprint density at radius 1 is 0.750 bits per heavy atom. The maximum absolute atomic E-state index is 5.90. The van der Waals surface area contributed by atoms with Gasteiger partial charge in [0, 0.05) is 10.9 Å². The Hall–Kier alpha value is -1.08. The van der Waals surface area contributed by atoms with E-state index in [9.17, 15) is 0 Å². The summed E-state index contributed by atoms with van der Waals surface area (Å²) < 4.78 is 18.4. The predicted molar refractivity (Wildman–Crippen MR) is 151 cm³/mol. The molecule has 36 heavy (non-hydrogen) atoms. The third kappa shape index (κ3) is 12.9. The average Bonchev–Trinajstić information content (AvgIpc) is 2.76. The van der Waals surface area contributed by atoms with Crippen LogP contribution in [0.2, 0.25) is 0 Å². The molecule has 0 unspecified atom stereocenters. The third-order valence-electron chi connectivity index (χ3n) is 6.03. The number of ether oxygens (including phenoxy) is 3. The molecule has 0 fully saturated rings. The second-order valence-corrected chi connectivity index (χ2v) is 12.8. The van der Waals surface area contributed by atoms with Gasteiger partial charge in [-0.05, 0) is 65.6 Å². The molecule has 0 aliphatic heterocycles. The molecule has 0 atom stereocenters. The molecular weight excluding hydrogens is 582 g/mol. The number of hydrogen-bond donors (Lipinski definition) is 0. The average molecular weight is 630 g/mol. The normalized spacial score (nSPS) is 12.2. The Kier molecular flexibility index (Phi) is 14.1. The van der Waals surface area contributed by atoms with Gasteiger partial charge in [-0.15, -0.1) is 0 Å². The molecule has 0 aromatic heterocycles. The summed E-state index contributed by atoms with van der Waals surface area (Å²) in [5, 5.41) is 0.967. The second kappa shape index (κ2) is 15.4. The smallest absolute Gasteiger partial charge is 0.119 e. The van der Waals surface area contributed by atoms with Crippen LogP contribution in [0.3, 0.4) is 0 Å². The number of quaternary nitrogens is 1. The largest absolute Gasteiger partial charge is 1.00 e. The summed E-state index contributed by atoms with van der Waals surface area (Å²) in [4.78, 5) is 0. The molecule has 0 heterocycles. The van der Waals surface area contributed by atoms with E-state index in [0.717, 1.165) is 53.9 Å². The van der Waals surface area contributed by atoms with Crippen molar-refractivity contribution in [3.63, 3.8) is 0 Å². The van der Waals surface area contributed by atoms with Gasteiger partial charge in [-0.1, -0.05) is 62.7 Å². The SMILES string of the molecule is CC(C)(C)CC(C)(C)c1ccc(OCCOCC[N+](C)(C)Cc2ccc(OCCCBr)cc2)cc1.[Br-]. The molecule has 0 radical (unpaired) electrons. The maximum Gasteiger partial charge on any atom is 0.119 e. The van der Waals surface area contributed by atoms with Crippen LogP contribution in [0.4, 0.5) is 0 Å². The molecule has 2 rings (SSSR count). The minimum atomic E-state index is 0. The van der Waals surface area contributed by atoms with Crippen molar-refractivity contribution in [2.24, 2.45) is 5.41 Å². The minimum absolute atomic E-state index is 0. The van der Waals surface area contributed by atoms with Gasteiger partial charge in [-0.25, -0.2) is 0 Å². The molecule has 0 amide bonds. The van der Waals surface area contributed by atoms with Gasteiger partial charge in [-0.3, -0.25) is 0 Å². The summed E-state index contributed by atoms with van der Waals surface area (Å²) >= 11 is 3.43. The van der Waals surface area contributed by atoms with Gasteiger partial charge in [0.25, 0.3) is 0 Å². The fraction of sp³-hybridized carbons (Fsp3) is 0.600. The van der Waals surface area contributed by atoms with E-state index in [2.05, 4.69) is 113 Å². The van der Waals surface area contributed by atoms with Crippen molar-refractivity contribution in [3.8, 4) is 11.5 Å². The van der Waals surface area contributed by atoms with Crippen molar-refractivity contribution in [2.75, 3.05) is 52.4 Å². The van der Waals surface area contributed by atoms with Crippen LogP contribution in [0.15, 0.2) is 48.5 Å². The number of rotatable bonds is 15. The predicted octanol–water partition coefficient (Wildman–Crippen LogP) is 4.24. The molecule has 2 aromatic carbocycles. The van der Waals surface area contributed by atoms with Crippen LogP contribution in [0.25, 0.3) is 0 Å². The minimum Gasteiger partial charge on any atom is -1.00 e. The van der Waals surface area contributed by atoms with Gasteiger partial charge < -0.3 is 35.7 Å². The number of benzene rings is 2. The van der Waals surface area contributed by atoms with Crippen LogP contribution >= 0.6 is 15.9 Å². The van der Waals surface area contributed by atoms with Crippen LogP contribution in [0.1, 0.15) is 58.6 Å². The summed E-state index contributed by atoms with van der Waals surface area (Å²) in [6.45, 7) is 16.1. The Morgan fingerprint density at radius 2 is 1.31 bits per heavy atom. The van der Waals surface area contributed by atoms with Gasteiger partial charge in [-0.2, -0.15) is 0 Å². The van der Waals surface area contributed by atoms with E-state index < -0.39 is 0 Å². The third-order valence-corrected chi connectivity index (χ3v) is 6.59. The van der Waals surface area contributed by atoms with E-state index in [1.54, 1.807) is 0 Å². The zero-order valence-electron chi connectivity index (χ0n) is 23.4. The van der Waals surface area contributed by atoms with Crippen LogP contribution in [-0.2, 0) is 16.7 Å².